The normalized spacial score (nSPS) is 34.1. The van der Waals surface area contributed by atoms with Gasteiger partial charge in [0.15, 0.2) is 12.0 Å². The van der Waals surface area contributed by atoms with Gasteiger partial charge in [-0.15, -0.1) is 0 Å². The largest absolute Gasteiger partial charge is 0.349 e. The predicted molar refractivity (Wildman–Crippen MR) is 74.1 cm³/mol. The second kappa shape index (κ2) is 4.79. The summed E-state index contributed by atoms with van der Waals surface area (Å²) in [6.45, 7) is 7.33. The maximum Gasteiger partial charge on any atom is 0.330 e. The molecule has 2 aliphatic rings. The third-order valence-electron chi connectivity index (χ3n) is 3.95. The molecule has 0 saturated carbocycles. The average molecular weight is 296 g/mol. The monoisotopic (exact) mass is 296 g/mol. The quantitative estimate of drug-likeness (QED) is 0.867. The molecule has 0 aromatic carbocycles. The molecule has 0 bridgehead atoms. The molecule has 1 aromatic rings. The van der Waals surface area contributed by atoms with Gasteiger partial charge in [-0.25, -0.2) is 4.79 Å². The molecule has 3 heterocycles. The van der Waals surface area contributed by atoms with E-state index in [4.69, 9.17) is 14.2 Å². The Kier molecular flexibility index (Phi) is 3.31. The van der Waals surface area contributed by atoms with Gasteiger partial charge in [-0.05, 0) is 27.2 Å². The number of hydrogen-bond donors (Lipinski definition) is 1. The van der Waals surface area contributed by atoms with Crippen LogP contribution in [0.3, 0.4) is 0 Å². The Bertz CT molecular complexity index is 662. The van der Waals surface area contributed by atoms with E-state index in [1.807, 2.05) is 20.8 Å². The zero-order valence-corrected chi connectivity index (χ0v) is 12.6. The molecular formula is C14H20N2O5. The average Bonchev–Trinajstić information content (AvgIpc) is 2.87. The lowest BCUT2D eigenvalue weighted by molar-refractivity contribution is -0.197. The SMILES string of the molecule is CC[C@H]1O[C@@H](n2cc(C)c(=O)[nH]c2=O)C2OC(C)(C)OC21. The first-order chi connectivity index (χ1) is 9.82. The van der Waals surface area contributed by atoms with E-state index in [9.17, 15) is 9.59 Å². The van der Waals surface area contributed by atoms with Gasteiger partial charge in [0.25, 0.3) is 5.56 Å². The van der Waals surface area contributed by atoms with Crippen molar-refractivity contribution in [3.8, 4) is 0 Å². The molecule has 116 valence electrons. The van der Waals surface area contributed by atoms with Gasteiger partial charge in [-0.2, -0.15) is 0 Å². The van der Waals surface area contributed by atoms with Crippen LogP contribution >= 0.6 is 0 Å². The summed E-state index contributed by atoms with van der Waals surface area (Å²) in [6.07, 6.45) is 0.955. The zero-order chi connectivity index (χ0) is 15.4. The molecule has 2 saturated heterocycles. The maximum atomic E-state index is 12.1. The number of nitrogens with one attached hydrogen (secondary N) is 1. The van der Waals surface area contributed by atoms with Crippen LogP contribution < -0.4 is 11.2 Å². The van der Waals surface area contributed by atoms with Gasteiger partial charge in [0, 0.05) is 11.8 Å². The van der Waals surface area contributed by atoms with Crippen LogP contribution in [0.2, 0.25) is 0 Å². The van der Waals surface area contributed by atoms with E-state index >= 15 is 0 Å². The third-order valence-corrected chi connectivity index (χ3v) is 3.95. The van der Waals surface area contributed by atoms with Gasteiger partial charge in [0.1, 0.15) is 12.2 Å². The molecule has 1 N–H and O–H groups in total. The number of nitrogens with zero attached hydrogens (tertiary/aromatic N) is 1. The smallest absolute Gasteiger partial charge is 0.330 e. The highest BCUT2D eigenvalue weighted by Crippen LogP contribution is 2.43. The number of aromatic nitrogens is 2. The van der Waals surface area contributed by atoms with Crippen LogP contribution in [-0.4, -0.2) is 33.7 Å². The summed E-state index contributed by atoms with van der Waals surface area (Å²) in [7, 11) is 0. The highest BCUT2D eigenvalue weighted by atomic mass is 16.8. The molecule has 2 fully saturated rings. The minimum Gasteiger partial charge on any atom is -0.349 e. The van der Waals surface area contributed by atoms with E-state index in [0.29, 0.717) is 5.56 Å². The van der Waals surface area contributed by atoms with Crippen molar-refractivity contribution in [2.45, 2.75) is 64.4 Å². The molecule has 3 rings (SSSR count). The molecule has 2 unspecified atom stereocenters. The molecule has 0 amide bonds. The molecule has 2 aliphatic heterocycles. The number of aromatic amines is 1. The number of hydrogen-bond acceptors (Lipinski definition) is 5. The van der Waals surface area contributed by atoms with Crippen LogP contribution in [0.25, 0.3) is 0 Å². The molecule has 0 radical (unpaired) electrons. The van der Waals surface area contributed by atoms with Crippen molar-refractivity contribution in [3.05, 3.63) is 32.6 Å². The fraction of sp³-hybridized carbons (Fsp3) is 0.714. The van der Waals surface area contributed by atoms with Crippen molar-refractivity contribution in [1.82, 2.24) is 9.55 Å². The number of aryl methyl sites for hydroxylation is 1. The Morgan fingerprint density at radius 3 is 2.62 bits per heavy atom. The Morgan fingerprint density at radius 2 is 1.95 bits per heavy atom. The number of H-pyrrole nitrogens is 1. The molecular weight excluding hydrogens is 276 g/mol. The second-order valence-corrected chi connectivity index (χ2v) is 6.02. The molecule has 21 heavy (non-hydrogen) atoms. The van der Waals surface area contributed by atoms with Gasteiger partial charge in [0.05, 0.1) is 6.10 Å². The summed E-state index contributed by atoms with van der Waals surface area (Å²) in [5.41, 5.74) is -0.436. The van der Waals surface area contributed by atoms with Crippen LogP contribution in [0.1, 0.15) is 39.0 Å². The van der Waals surface area contributed by atoms with Gasteiger partial charge >= 0.3 is 5.69 Å². The fourth-order valence-electron chi connectivity index (χ4n) is 2.99. The van der Waals surface area contributed by atoms with Crippen LogP contribution in [-0.2, 0) is 14.2 Å². The lowest BCUT2D eigenvalue weighted by Crippen LogP contribution is -2.38. The number of ether oxygens (including phenoxy) is 3. The molecule has 7 nitrogen and oxygen atoms in total. The lowest BCUT2D eigenvalue weighted by Gasteiger charge is -2.24. The lowest BCUT2D eigenvalue weighted by atomic mass is 10.1. The van der Waals surface area contributed by atoms with Gasteiger partial charge in [0.2, 0.25) is 0 Å². The molecule has 7 heteroatoms. The zero-order valence-electron chi connectivity index (χ0n) is 12.6. The summed E-state index contributed by atoms with van der Waals surface area (Å²) < 4.78 is 19.1. The van der Waals surface area contributed by atoms with Gasteiger partial charge < -0.3 is 14.2 Å². The van der Waals surface area contributed by atoms with E-state index in [-0.39, 0.29) is 23.9 Å². The first-order valence-electron chi connectivity index (χ1n) is 7.15. The molecule has 0 aliphatic carbocycles. The Labute approximate surface area is 121 Å². The van der Waals surface area contributed by atoms with Crippen molar-refractivity contribution >= 4 is 0 Å². The molecule has 0 spiro atoms. The van der Waals surface area contributed by atoms with E-state index in [1.165, 1.54) is 10.8 Å². The minimum atomic E-state index is -0.703. The van der Waals surface area contributed by atoms with E-state index in [2.05, 4.69) is 4.98 Å². The fourth-order valence-corrected chi connectivity index (χ4v) is 2.99. The summed E-state index contributed by atoms with van der Waals surface area (Å²) in [5, 5.41) is 0. The van der Waals surface area contributed by atoms with Crippen LogP contribution in [0.4, 0.5) is 0 Å². The third kappa shape index (κ3) is 2.35. The minimum absolute atomic E-state index is 0.138. The maximum absolute atomic E-state index is 12.1. The van der Waals surface area contributed by atoms with Crippen LogP contribution in [0.5, 0.6) is 0 Å². The van der Waals surface area contributed by atoms with Crippen molar-refractivity contribution < 1.29 is 14.2 Å². The molecule has 4 atom stereocenters. The van der Waals surface area contributed by atoms with E-state index in [0.717, 1.165) is 6.42 Å². The Hall–Kier alpha value is -1.44. The van der Waals surface area contributed by atoms with Crippen LogP contribution in [0.15, 0.2) is 15.8 Å². The predicted octanol–water partition coefficient (Wildman–Crippen LogP) is 0.673. The van der Waals surface area contributed by atoms with Crippen molar-refractivity contribution in [2.24, 2.45) is 0 Å². The number of fused-ring (bicyclic) bond motifs is 1. The van der Waals surface area contributed by atoms with E-state index < -0.39 is 17.7 Å². The number of rotatable bonds is 2. The van der Waals surface area contributed by atoms with Crippen molar-refractivity contribution in [3.63, 3.8) is 0 Å². The first-order valence-corrected chi connectivity index (χ1v) is 7.15. The van der Waals surface area contributed by atoms with Gasteiger partial charge in [-0.1, -0.05) is 6.92 Å². The summed E-state index contributed by atoms with van der Waals surface area (Å²) in [6, 6.07) is 0. The van der Waals surface area contributed by atoms with E-state index in [1.54, 1.807) is 6.92 Å². The highest BCUT2D eigenvalue weighted by molar-refractivity contribution is 5.04. The first kappa shape index (κ1) is 14.5. The summed E-state index contributed by atoms with van der Waals surface area (Å²) in [4.78, 5) is 25.8. The summed E-state index contributed by atoms with van der Waals surface area (Å²) >= 11 is 0. The summed E-state index contributed by atoms with van der Waals surface area (Å²) in [5.74, 6) is -0.703. The Morgan fingerprint density at radius 1 is 1.29 bits per heavy atom. The van der Waals surface area contributed by atoms with Gasteiger partial charge in [-0.3, -0.25) is 14.3 Å². The standard InChI is InChI=1S/C14H20N2O5/c1-5-8-9-10(21-14(3,4)20-9)12(19-8)16-6-7(2)11(17)15-13(16)18/h6,8-10,12H,5H2,1-4H3,(H,15,17,18)/t8-,9?,10?,12-/m1/s1. The second-order valence-electron chi connectivity index (χ2n) is 6.02. The highest BCUT2D eigenvalue weighted by Gasteiger charge is 2.55. The van der Waals surface area contributed by atoms with Crippen molar-refractivity contribution in [2.75, 3.05) is 0 Å². The van der Waals surface area contributed by atoms with Crippen molar-refractivity contribution in [1.29, 1.82) is 0 Å². The van der Waals surface area contributed by atoms with Crippen LogP contribution in [0, 0.1) is 6.92 Å². The topological polar surface area (TPSA) is 82.6 Å². The molecule has 1 aromatic heterocycles. The Balaban J connectivity index is 2.01.